The highest BCUT2D eigenvalue weighted by Crippen LogP contribution is 2.41. The minimum absolute atomic E-state index is 0.0149. The number of ether oxygens (including phenoxy) is 2. The first-order valence-corrected chi connectivity index (χ1v) is 23.1. The molecule has 66 heavy (non-hydrogen) atoms. The van der Waals surface area contributed by atoms with Crippen LogP contribution in [0.4, 0.5) is 13.2 Å². The maximum absolute atomic E-state index is 14.3. The SMILES string of the molecule is CCOC(=O)c1c(C)nc(C)c(C(=O)OCC)c1-c1ccc(C(=O)NS(=O)(=O)c2ccc(C(=O)N[C@H](C(=O)N3C4CCC(CC4)[C@@H]3C(=O)NC(C(=O)C(F)(F)F)C(C)C)C(C)C)cc2)cc1. The van der Waals surface area contributed by atoms with Crippen LogP contribution in [0.5, 0.6) is 0 Å². The number of aromatic nitrogens is 1. The van der Waals surface area contributed by atoms with Crippen LogP contribution in [0.15, 0.2) is 53.4 Å². The zero-order valence-electron chi connectivity index (χ0n) is 37.8. The third kappa shape index (κ3) is 10.9. The van der Waals surface area contributed by atoms with Gasteiger partial charge in [-0.1, -0.05) is 39.8 Å². The lowest BCUT2D eigenvalue weighted by atomic mass is 9.73. The highest BCUT2D eigenvalue weighted by Gasteiger charge is 2.51. The Morgan fingerprint density at radius 1 is 0.727 bits per heavy atom. The van der Waals surface area contributed by atoms with Gasteiger partial charge in [0.2, 0.25) is 11.8 Å². The number of benzene rings is 2. The number of hydrogen-bond acceptors (Lipinski definition) is 12. The Bertz CT molecular complexity index is 2440. The second-order valence-corrected chi connectivity index (χ2v) is 18.6. The molecule has 3 fully saturated rings. The highest BCUT2D eigenvalue weighted by atomic mass is 32.2. The van der Waals surface area contributed by atoms with E-state index in [4.69, 9.17) is 9.47 Å². The average molecular weight is 942 g/mol. The summed E-state index contributed by atoms with van der Waals surface area (Å²) in [6, 6.07) is 5.29. The standard InChI is InChI=1S/C46H54F3N5O11S/c1-9-64-44(60)33-25(7)50-26(8)34(45(61)65-10-2)35(33)27-11-13-30(14-12-27)41(57)53-66(62,63)32-21-17-29(18-22-32)40(56)52-37(24(5)6)43(59)54-31-19-15-28(16-20-31)38(54)42(58)51-36(23(3)4)39(55)46(47,48)49/h11-14,17-18,21-24,28,31,36-38H,9-10,15-16,19-20H2,1-8H3,(H,51,58)(H,52,56)(H,53,57)/t28?,31?,36?,37-,38+/m0/s1. The second-order valence-electron chi connectivity index (χ2n) is 16.9. The number of nitrogens with zero attached hydrogens (tertiary/aromatic N) is 2. The molecule has 356 valence electrons. The molecule has 3 aromatic rings. The molecule has 2 aromatic carbocycles. The molecule has 3 atom stereocenters. The van der Waals surface area contributed by atoms with Crippen LogP contribution in [0.1, 0.15) is 120 Å². The molecular formula is C46H54F3N5O11S. The summed E-state index contributed by atoms with van der Waals surface area (Å²) in [5, 5.41) is 4.94. The van der Waals surface area contributed by atoms with Gasteiger partial charge in [-0.2, -0.15) is 13.2 Å². The quantitative estimate of drug-likeness (QED) is 0.149. The van der Waals surface area contributed by atoms with E-state index in [-0.39, 0.29) is 63.2 Å². The zero-order valence-corrected chi connectivity index (χ0v) is 38.6. The lowest BCUT2D eigenvalue weighted by Crippen LogP contribution is -2.67. The molecule has 0 spiro atoms. The molecule has 2 bridgehead atoms. The third-order valence-electron chi connectivity index (χ3n) is 11.8. The molecule has 3 aliphatic rings. The van der Waals surface area contributed by atoms with Crippen LogP contribution in [0.3, 0.4) is 0 Å². The minimum atomic E-state index is -5.19. The van der Waals surface area contributed by atoms with Crippen molar-refractivity contribution in [2.24, 2.45) is 17.8 Å². The number of ketones is 1. The first-order chi connectivity index (χ1) is 30.9. The van der Waals surface area contributed by atoms with E-state index in [9.17, 15) is 55.2 Å². The highest BCUT2D eigenvalue weighted by molar-refractivity contribution is 7.90. The Labute approximate surface area is 380 Å². The molecule has 2 aliphatic heterocycles. The molecular weight excluding hydrogens is 888 g/mol. The van der Waals surface area contributed by atoms with Crippen molar-refractivity contribution in [3.63, 3.8) is 0 Å². The fraction of sp³-hybridized carbons (Fsp3) is 0.478. The number of nitrogens with one attached hydrogen (secondary N) is 3. The van der Waals surface area contributed by atoms with Gasteiger partial charge in [0.05, 0.1) is 46.7 Å². The number of alkyl halides is 3. The van der Waals surface area contributed by atoms with Crippen molar-refractivity contribution in [1.82, 2.24) is 25.2 Å². The van der Waals surface area contributed by atoms with Crippen LogP contribution in [0.25, 0.3) is 11.1 Å². The molecule has 1 unspecified atom stereocenters. The number of rotatable bonds is 16. The van der Waals surface area contributed by atoms with E-state index in [0.29, 0.717) is 31.2 Å². The van der Waals surface area contributed by atoms with Gasteiger partial charge in [0.25, 0.3) is 27.6 Å². The number of esters is 2. The summed E-state index contributed by atoms with van der Waals surface area (Å²) in [5.41, 5.74) is 0.919. The maximum atomic E-state index is 14.3. The largest absolute Gasteiger partial charge is 0.462 e. The zero-order chi connectivity index (χ0) is 49.0. The summed E-state index contributed by atoms with van der Waals surface area (Å²) >= 11 is 0. The van der Waals surface area contributed by atoms with Crippen molar-refractivity contribution >= 4 is 51.4 Å². The Balaban J connectivity index is 1.32. The minimum Gasteiger partial charge on any atom is -0.462 e. The predicted octanol–water partition coefficient (Wildman–Crippen LogP) is 5.63. The Morgan fingerprint density at radius 2 is 1.21 bits per heavy atom. The first kappa shape index (κ1) is 50.8. The summed E-state index contributed by atoms with van der Waals surface area (Å²) in [4.78, 5) is 98.7. The number of hydrogen-bond donors (Lipinski definition) is 3. The van der Waals surface area contributed by atoms with Crippen LogP contribution in [-0.2, 0) is 33.9 Å². The summed E-state index contributed by atoms with van der Waals surface area (Å²) in [6.07, 6.45) is -3.05. The van der Waals surface area contributed by atoms with Gasteiger partial charge in [0.15, 0.2) is 0 Å². The number of sulfonamides is 1. The van der Waals surface area contributed by atoms with E-state index in [2.05, 4.69) is 15.6 Å². The Hall–Kier alpha value is -6.18. The molecule has 1 aliphatic carbocycles. The average Bonchev–Trinajstić information content (AvgIpc) is 3.26. The van der Waals surface area contributed by atoms with E-state index >= 15 is 0 Å². The number of Topliss-reactive ketones (excluding diaryl/α,β-unsaturated/α-hetero) is 1. The molecule has 0 radical (unpaired) electrons. The van der Waals surface area contributed by atoms with Crippen molar-refractivity contribution in [2.75, 3.05) is 13.2 Å². The normalized spacial score (nSPS) is 18.0. The van der Waals surface area contributed by atoms with Crippen molar-refractivity contribution in [3.05, 3.63) is 82.2 Å². The summed E-state index contributed by atoms with van der Waals surface area (Å²) in [5.74, 6) is -8.70. The second kappa shape index (κ2) is 20.6. The van der Waals surface area contributed by atoms with E-state index in [1.54, 1.807) is 41.5 Å². The van der Waals surface area contributed by atoms with Crippen molar-refractivity contribution in [2.45, 2.75) is 116 Å². The van der Waals surface area contributed by atoms with E-state index < -0.39 is 93.6 Å². The molecule has 1 aromatic heterocycles. The fourth-order valence-electron chi connectivity index (χ4n) is 8.51. The number of halogens is 3. The number of fused-ring (bicyclic) bond motifs is 3. The number of carbonyl (C=O) groups excluding carboxylic acids is 7. The van der Waals surface area contributed by atoms with Gasteiger partial charge in [0.1, 0.15) is 12.1 Å². The predicted molar refractivity (Wildman–Crippen MR) is 232 cm³/mol. The lowest BCUT2D eigenvalue weighted by molar-refractivity contribution is -0.175. The van der Waals surface area contributed by atoms with E-state index in [1.807, 2.05) is 4.72 Å². The molecule has 3 heterocycles. The topological polar surface area (TPSA) is 224 Å². The monoisotopic (exact) mass is 941 g/mol. The van der Waals surface area contributed by atoms with Crippen LogP contribution in [-0.4, -0.2) is 103 Å². The van der Waals surface area contributed by atoms with Crippen LogP contribution < -0.4 is 15.4 Å². The van der Waals surface area contributed by atoms with Gasteiger partial charge in [-0.3, -0.25) is 29.0 Å². The van der Waals surface area contributed by atoms with Gasteiger partial charge in [-0.25, -0.2) is 22.7 Å². The smallest absolute Gasteiger partial charge is 0.452 e. The van der Waals surface area contributed by atoms with Crippen molar-refractivity contribution in [1.29, 1.82) is 0 Å². The fourth-order valence-corrected chi connectivity index (χ4v) is 9.49. The molecule has 2 saturated heterocycles. The van der Waals surface area contributed by atoms with Gasteiger partial charge in [-0.05, 0) is 113 Å². The first-order valence-electron chi connectivity index (χ1n) is 21.6. The van der Waals surface area contributed by atoms with Crippen LogP contribution in [0, 0.1) is 31.6 Å². The van der Waals surface area contributed by atoms with Crippen LogP contribution >= 0.6 is 0 Å². The number of pyridine rings is 1. The van der Waals surface area contributed by atoms with E-state index in [0.717, 1.165) is 12.1 Å². The lowest BCUT2D eigenvalue weighted by Gasteiger charge is -2.51. The van der Waals surface area contributed by atoms with Gasteiger partial charge in [-0.15, -0.1) is 0 Å². The summed E-state index contributed by atoms with van der Waals surface area (Å²) in [6.45, 7) is 12.5. The van der Waals surface area contributed by atoms with Crippen molar-refractivity contribution < 1.29 is 64.6 Å². The van der Waals surface area contributed by atoms with Crippen molar-refractivity contribution in [3.8, 4) is 11.1 Å². The summed E-state index contributed by atoms with van der Waals surface area (Å²) in [7, 11) is -4.53. The molecule has 20 heteroatoms. The maximum Gasteiger partial charge on any atom is 0.452 e. The number of carbonyl (C=O) groups is 7. The summed E-state index contributed by atoms with van der Waals surface area (Å²) < 4.78 is 79.6. The van der Waals surface area contributed by atoms with Gasteiger partial charge >= 0.3 is 18.1 Å². The molecule has 6 rings (SSSR count). The van der Waals surface area contributed by atoms with Crippen LogP contribution in [0.2, 0.25) is 0 Å². The Morgan fingerprint density at radius 3 is 1.68 bits per heavy atom. The number of piperidine rings is 2. The molecule has 16 nitrogen and oxygen atoms in total. The van der Waals surface area contributed by atoms with E-state index in [1.165, 1.54) is 55.1 Å². The Kier molecular flexibility index (Phi) is 15.8. The van der Waals surface area contributed by atoms with Gasteiger partial charge in [0, 0.05) is 22.7 Å². The molecule has 3 N–H and O–H groups in total. The number of aryl methyl sites for hydroxylation is 2. The number of amides is 4. The van der Waals surface area contributed by atoms with Gasteiger partial charge < -0.3 is 25.0 Å². The molecule has 4 amide bonds. The third-order valence-corrected chi connectivity index (χ3v) is 13.1. The molecule has 1 saturated carbocycles.